The maximum absolute atomic E-state index is 16.5. The maximum atomic E-state index is 16.5. The van der Waals surface area contributed by atoms with Crippen molar-refractivity contribution >= 4 is 34.4 Å². The lowest BCUT2D eigenvalue weighted by atomic mass is 9.95. The van der Waals surface area contributed by atoms with Crippen LogP contribution in [0.15, 0.2) is 36.1 Å². The van der Waals surface area contributed by atoms with E-state index in [1.807, 2.05) is 30.3 Å². The Kier molecular flexibility index (Phi) is 7.04. The summed E-state index contributed by atoms with van der Waals surface area (Å²) >= 11 is 6.82. The molecular weight excluding hydrogens is 541 g/mol. The first-order valence-electron chi connectivity index (χ1n) is 14.9. The fraction of sp³-hybridized carbons (Fsp3) is 0.500. The molecule has 7 nitrogen and oxygen atoms in total. The normalized spacial score (nSPS) is 23.9. The number of aromatic nitrogens is 2. The molecule has 216 valence electrons. The van der Waals surface area contributed by atoms with E-state index < -0.39 is 5.82 Å². The zero-order valence-electron chi connectivity index (χ0n) is 23.5. The number of nitrogens with one attached hydrogen (secondary N) is 1. The van der Waals surface area contributed by atoms with Crippen molar-refractivity contribution in [2.24, 2.45) is 0 Å². The van der Waals surface area contributed by atoms with Gasteiger partial charge in [-0.25, -0.2) is 4.39 Å². The second kappa shape index (κ2) is 10.7. The van der Waals surface area contributed by atoms with Gasteiger partial charge >= 0.3 is 6.01 Å². The number of hydrogen-bond acceptors (Lipinski definition) is 7. The van der Waals surface area contributed by atoms with Gasteiger partial charge in [0.15, 0.2) is 5.82 Å². The Morgan fingerprint density at radius 1 is 1.17 bits per heavy atom. The molecule has 2 aromatic carbocycles. The van der Waals surface area contributed by atoms with Crippen LogP contribution < -0.4 is 15.0 Å². The molecule has 0 saturated carbocycles. The average Bonchev–Trinajstić information content (AvgIpc) is 3.64. The summed E-state index contributed by atoms with van der Waals surface area (Å²) in [6.07, 6.45) is 8.81. The van der Waals surface area contributed by atoms with Crippen molar-refractivity contribution in [3.8, 4) is 6.01 Å². The molecule has 3 aromatic rings. The largest absolute Gasteiger partial charge is 0.513 e. The Morgan fingerprint density at radius 3 is 2.63 bits per heavy atom. The minimum atomic E-state index is -0.444. The number of benzene rings is 2. The van der Waals surface area contributed by atoms with Gasteiger partial charge in [0, 0.05) is 47.6 Å². The number of ether oxygens (including phenoxy) is 1. The molecule has 7 rings (SSSR count). The average molecular weight is 578 g/mol. The number of nitrogens with zero attached hydrogens (tertiary/aromatic N) is 4. The van der Waals surface area contributed by atoms with E-state index in [-0.39, 0.29) is 29.2 Å². The molecular formula is C32H37ClFN5O2. The van der Waals surface area contributed by atoms with Gasteiger partial charge in [-0.2, -0.15) is 9.97 Å². The molecule has 0 aliphatic carbocycles. The standard InChI is InChI=1S/C32H37ClFN5O2/c1-20(40)14-21-6-2-3-7-22(21)15-25-27(33)16-26-29(28(25)34)36-31(41-19-32-10-4-12-39(32)13-5-11-32)37-30(26)38-17-23-8-9-24(18-38)35-23/h2-3,6-7,14,16,23-24,35,40H,4-5,8-13,15,17-19H2,1H3/b20-14+. The number of anilines is 1. The Labute approximate surface area is 245 Å². The van der Waals surface area contributed by atoms with E-state index in [0.717, 1.165) is 63.0 Å². The van der Waals surface area contributed by atoms with E-state index in [1.54, 1.807) is 13.0 Å². The molecule has 0 spiro atoms. The van der Waals surface area contributed by atoms with Crippen molar-refractivity contribution < 1.29 is 14.2 Å². The third-order valence-electron chi connectivity index (χ3n) is 9.52. The Balaban J connectivity index is 1.30. The van der Waals surface area contributed by atoms with Gasteiger partial charge in [0.2, 0.25) is 0 Å². The van der Waals surface area contributed by atoms with Gasteiger partial charge in [-0.1, -0.05) is 35.9 Å². The van der Waals surface area contributed by atoms with Crippen molar-refractivity contribution in [1.29, 1.82) is 0 Å². The Morgan fingerprint density at radius 2 is 1.90 bits per heavy atom. The molecule has 5 heterocycles. The zero-order valence-corrected chi connectivity index (χ0v) is 24.3. The Hall–Kier alpha value is -2.94. The number of piperazine rings is 1. The van der Waals surface area contributed by atoms with E-state index in [2.05, 4.69) is 15.1 Å². The van der Waals surface area contributed by atoms with Crippen LogP contribution in [0, 0.1) is 5.82 Å². The molecule has 0 amide bonds. The van der Waals surface area contributed by atoms with Gasteiger partial charge in [-0.05, 0) is 81.8 Å². The SMILES string of the molecule is C/C(O)=C\c1ccccc1Cc1c(Cl)cc2c(N3CC4CCC(C3)N4)nc(OCC34CCCN3CCC4)nc2c1F. The van der Waals surface area contributed by atoms with Gasteiger partial charge < -0.3 is 20.1 Å². The Bertz CT molecular complexity index is 1490. The van der Waals surface area contributed by atoms with E-state index in [9.17, 15) is 5.11 Å². The minimum Gasteiger partial charge on any atom is -0.513 e. The fourth-order valence-electron chi connectivity index (χ4n) is 7.55. The van der Waals surface area contributed by atoms with E-state index >= 15 is 4.39 Å². The summed E-state index contributed by atoms with van der Waals surface area (Å²) in [4.78, 5) is 14.4. The van der Waals surface area contributed by atoms with Crippen LogP contribution >= 0.6 is 11.6 Å². The third kappa shape index (κ3) is 5.04. The molecule has 2 N–H and O–H groups in total. The number of aliphatic hydroxyl groups excluding tert-OH is 1. The number of halogens is 2. The molecule has 2 bridgehead atoms. The maximum Gasteiger partial charge on any atom is 0.319 e. The van der Waals surface area contributed by atoms with Crippen molar-refractivity contribution in [2.45, 2.75) is 69.5 Å². The quantitative estimate of drug-likeness (QED) is 0.340. The minimum absolute atomic E-state index is 0.0401. The van der Waals surface area contributed by atoms with Gasteiger partial charge in [0.25, 0.3) is 0 Å². The molecule has 41 heavy (non-hydrogen) atoms. The molecule has 2 atom stereocenters. The number of allylic oxidation sites excluding steroid dienone is 1. The summed E-state index contributed by atoms with van der Waals surface area (Å²) in [5, 5.41) is 14.5. The van der Waals surface area contributed by atoms with Crippen molar-refractivity contribution in [3.05, 3.63) is 63.6 Å². The highest BCUT2D eigenvalue weighted by molar-refractivity contribution is 6.32. The van der Waals surface area contributed by atoms with Crippen LogP contribution in [0.25, 0.3) is 17.0 Å². The van der Waals surface area contributed by atoms with Gasteiger partial charge in [-0.3, -0.25) is 4.90 Å². The summed E-state index contributed by atoms with van der Waals surface area (Å²) < 4.78 is 22.9. The van der Waals surface area contributed by atoms with Crippen molar-refractivity contribution in [1.82, 2.24) is 20.2 Å². The van der Waals surface area contributed by atoms with E-state index in [0.29, 0.717) is 40.5 Å². The number of rotatable bonds is 7. The molecule has 4 aliphatic rings. The summed E-state index contributed by atoms with van der Waals surface area (Å²) in [5.41, 5.74) is 2.35. The molecule has 2 unspecified atom stereocenters. The highest BCUT2D eigenvalue weighted by atomic mass is 35.5. The molecule has 4 fully saturated rings. The zero-order chi connectivity index (χ0) is 28.1. The molecule has 4 aliphatic heterocycles. The molecule has 4 saturated heterocycles. The predicted molar refractivity (Wildman–Crippen MR) is 160 cm³/mol. The van der Waals surface area contributed by atoms with Crippen LogP contribution in [0.5, 0.6) is 6.01 Å². The van der Waals surface area contributed by atoms with Crippen LogP contribution in [0.3, 0.4) is 0 Å². The fourth-order valence-corrected chi connectivity index (χ4v) is 7.81. The first-order valence-corrected chi connectivity index (χ1v) is 15.3. The number of hydrogen-bond donors (Lipinski definition) is 2. The van der Waals surface area contributed by atoms with Gasteiger partial charge in [-0.15, -0.1) is 0 Å². The van der Waals surface area contributed by atoms with Crippen LogP contribution in [0.1, 0.15) is 62.1 Å². The van der Waals surface area contributed by atoms with E-state index in [4.69, 9.17) is 26.3 Å². The van der Waals surface area contributed by atoms with Crippen LogP contribution in [-0.4, -0.2) is 70.4 Å². The first kappa shape index (κ1) is 26.9. The van der Waals surface area contributed by atoms with Crippen LogP contribution in [0.2, 0.25) is 5.02 Å². The topological polar surface area (TPSA) is 73.8 Å². The second-order valence-corrected chi connectivity index (χ2v) is 12.7. The smallest absolute Gasteiger partial charge is 0.319 e. The highest BCUT2D eigenvalue weighted by Gasteiger charge is 2.45. The molecule has 1 aromatic heterocycles. The number of aliphatic hydroxyl groups is 1. The lowest BCUT2D eigenvalue weighted by Crippen LogP contribution is -2.51. The first-order chi connectivity index (χ1) is 19.9. The summed E-state index contributed by atoms with van der Waals surface area (Å²) in [6.45, 7) is 5.98. The lowest BCUT2D eigenvalue weighted by molar-refractivity contribution is 0.108. The van der Waals surface area contributed by atoms with Crippen molar-refractivity contribution in [2.75, 3.05) is 37.7 Å². The number of fused-ring (bicyclic) bond motifs is 4. The van der Waals surface area contributed by atoms with E-state index in [1.165, 1.54) is 12.8 Å². The molecule has 9 heteroatoms. The second-order valence-electron chi connectivity index (χ2n) is 12.3. The monoisotopic (exact) mass is 577 g/mol. The third-order valence-corrected chi connectivity index (χ3v) is 9.86. The highest BCUT2D eigenvalue weighted by Crippen LogP contribution is 2.40. The summed E-state index contributed by atoms with van der Waals surface area (Å²) in [6, 6.07) is 10.5. The summed E-state index contributed by atoms with van der Waals surface area (Å²) in [7, 11) is 0. The van der Waals surface area contributed by atoms with Gasteiger partial charge in [0.1, 0.15) is 17.9 Å². The van der Waals surface area contributed by atoms with Crippen LogP contribution in [0.4, 0.5) is 10.2 Å². The van der Waals surface area contributed by atoms with Gasteiger partial charge in [0.05, 0.1) is 11.3 Å². The molecule has 0 radical (unpaired) electrons. The van der Waals surface area contributed by atoms with Crippen LogP contribution in [-0.2, 0) is 6.42 Å². The predicted octanol–water partition coefficient (Wildman–Crippen LogP) is 5.88. The summed E-state index contributed by atoms with van der Waals surface area (Å²) in [5.74, 6) is 0.441. The lowest BCUT2D eigenvalue weighted by Gasteiger charge is -2.35. The van der Waals surface area contributed by atoms with Crippen molar-refractivity contribution in [3.63, 3.8) is 0 Å².